The minimum absolute atomic E-state index is 0.120. The predicted octanol–water partition coefficient (Wildman–Crippen LogP) is 2.83. The first-order chi connectivity index (χ1) is 15.7. The van der Waals surface area contributed by atoms with Crippen molar-refractivity contribution in [1.82, 2.24) is 24.5 Å². The molecule has 0 saturated heterocycles. The van der Waals surface area contributed by atoms with E-state index in [1.54, 1.807) is 52.0 Å². The fourth-order valence-corrected chi connectivity index (χ4v) is 5.64. The summed E-state index contributed by atoms with van der Waals surface area (Å²) in [4.78, 5) is 13.0. The number of phenolic OH excluding ortho intramolecular Hbond substituents is 1. The van der Waals surface area contributed by atoms with E-state index in [-0.39, 0.29) is 16.6 Å². The molecule has 0 spiro atoms. The number of carbonyl (C=O) groups is 1. The van der Waals surface area contributed by atoms with Crippen molar-refractivity contribution >= 4 is 33.4 Å². The lowest BCUT2D eigenvalue weighted by atomic mass is 10.2. The monoisotopic (exact) mass is 490 g/mol. The highest BCUT2D eigenvalue weighted by Crippen LogP contribution is 2.27. The number of tetrazole rings is 1. The van der Waals surface area contributed by atoms with Crippen LogP contribution in [0.5, 0.6) is 5.75 Å². The van der Waals surface area contributed by atoms with Crippen molar-refractivity contribution in [3.63, 3.8) is 0 Å². The van der Waals surface area contributed by atoms with Crippen molar-refractivity contribution in [3.8, 4) is 11.4 Å². The zero-order valence-electron chi connectivity index (χ0n) is 18.8. The molecule has 1 aromatic heterocycles. The number of aromatic hydroxyl groups is 1. The molecule has 10 nitrogen and oxygen atoms in total. The van der Waals surface area contributed by atoms with Crippen LogP contribution in [-0.4, -0.2) is 62.3 Å². The number of rotatable bonds is 9. The van der Waals surface area contributed by atoms with Gasteiger partial charge in [0.1, 0.15) is 5.75 Å². The summed E-state index contributed by atoms with van der Waals surface area (Å²) in [5.74, 6) is -0.204. The summed E-state index contributed by atoms with van der Waals surface area (Å²) in [7, 11) is -3.66. The van der Waals surface area contributed by atoms with Crippen molar-refractivity contribution in [1.29, 1.82) is 0 Å². The molecule has 1 amide bonds. The van der Waals surface area contributed by atoms with Gasteiger partial charge in [-0.2, -0.15) is 8.99 Å². The summed E-state index contributed by atoms with van der Waals surface area (Å²) in [6.45, 7) is 7.72. The van der Waals surface area contributed by atoms with Crippen molar-refractivity contribution in [3.05, 3.63) is 48.0 Å². The Kier molecular flexibility index (Phi) is 7.72. The Morgan fingerprint density at radius 1 is 1.18 bits per heavy atom. The average Bonchev–Trinajstić information content (AvgIpc) is 3.24. The van der Waals surface area contributed by atoms with Crippen LogP contribution < -0.4 is 5.32 Å². The number of nitrogens with zero attached hydrogens (tertiary/aromatic N) is 5. The first-order valence-electron chi connectivity index (χ1n) is 10.3. The van der Waals surface area contributed by atoms with Crippen LogP contribution in [0, 0.1) is 6.92 Å². The van der Waals surface area contributed by atoms with Gasteiger partial charge in [-0.3, -0.25) is 4.79 Å². The summed E-state index contributed by atoms with van der Waals surface area (Å²) in [5, 5.41) is 23.7. The molecular formula is C21H26N6O4S2. The molecule has 176 valence electrons. The van der Waals surface area contributed by atoms with Gasteiger partial charge in [0.05, 0.1) is 15.8 Å². The zero-order valence-corrected chi connectivity index (χ0v) is 20.4. The van der Waals surface area contributed by atoms with E-state index >= 15 is 0 Å². The number of carbonyl (C=O) groups excluding carboxylic acids is 1. The summed E-state index contributed by atoms with van der Waals surface area (Å²) in [5.41, 5.74) is 1.63. The first-order valence-corrected chi connectivity index (χ1v) is 12.7. The average molecular weight is 491 g/mol. The standard InChI is InChI=1S/C21H26N6O4S2/c1-5-26(6-2)33(30,31)19-13-16(8-7-14(19)3)22-20(29)15(4)32-21-23-24-25-27(21)17-9-11-18(28)12-10-17/h7-13,15,28H,5-6H2,1-4H3,(H,22,29)/t15-/m0/s1. The predicted molar refractivity (Wildman–Crippen MR) is 126 cm³/mol. The van der Waals surface area contributed by atoms with Gasteiger partial charge in [-0.25, -0.2) is 8.42 Å². The number of benzene rings is 2. The smallest absolute Gasteiger partial charge is 0.243 e. The maximum absolute atomic E-state index is 13.0. The second-order valence-electron chi connectivity index (χ2n) is 7.21. The molecule has 3 aromatic rings. The van der Waals surface area contributed by atoms with Crippen LogP contribution >= 0.6 is 11.8 Å². The van der Waals surface area contributed by atoms with Crippen LogP contribution in [0.25, 0.3) is 5.69 Å². The summed E-state index contributed by atoms with van der Waals surface area (Å²) in [6.07, 6.45) is 0. The largest absolute Gasteiger partial charge is 0.508 e. The van der Waals surface area contributed by atoms with E-state index in [0.29, 0.717) is 35.2 Å². The van der Waals surface area contributed by atoms with Gasteiger partial charge in [0, 0.05) is 18.8 Å². The Balaban J connectivity index is 1.76. The third kappa shape index (κ3) is 5.52. The van der Waals surface area contributed by atoms with Gasteiger partial charge in [-0.1, -0.05) is 31.7 Å². The molecule has 0 aliphatic carbocycles. The van der Waals surface area contributed by atoms with E-state index in [1.165, 1.54) is 27.2 Å². The van der Waals surface area contributed by atoms with Crippen molar-refractivity contribution < 1.29 is 18.3 Å². The van der Waals surface area contributed by atoms with E-state index in [4.69, 9.17) is 0 Å². The Hall–Kier alpha value is -2.96. The quantitative estimate of drug-likeness (QED) is 0.438. The highest BCUT2D eigenvalue weighted by molar-refractivity contribution is 8.00. The molecule has 0 radical (unpaired) electrons. The Morgan fingerprint density at radius 2 is 1.85 bits per heavy atom. The van der Waals surface area contributed by atoms with Crippen LogP contribution in [0.4, 0.5) is 5.69 Å². The van der Waals surface area contributed by atoms with Crippen LogP contribution in [0.3, 0.4) is 0 Å². The Morgan fingerprint density at radius 3 is 2.48 bits per heavy atom. The van der Waals surface area contributed by atoms with Crippen molar-refractivity contribution in [2.24, 2.45) is 0 Å². The van der Waals surface area contributed by atoms with Gasteiger partial charge >= 0.3 is 0 Å². The van der Waals surface area contributed by atoms with Gasteiger partial charge in [0.15, 0.2) is 0 Å². The number of aromatic nitrogens is 4. The topological polar surface area (TPSA) is 130 Å². The lowest BCUT2D eigenvalue weighted by Crippen LogP contribution is -2.31. The lowest BCUT2D eigenvalue weighted by Gasteiger charge is -2.20. The van der Waals surface area contributed by atoms with Crippen LogP contribution in [0.2, 0.25) is 0 Å². The molecule has 0 aliphatic heterocycles. The first kappa shape index (κ1) is 24.7. The molecule has 12 heteroatoms. The van der Waals surface area contributed by atoms with Crippen LogP contribution in [-0.2, 0) is 14.8 Å². The highest BCUT2D eigenvalue weighted by Gasteiger charge is 2.25. The number of aryl methyl sites for hydroxylation is 1. The number of sulfonamides is 1. The number of anilines is 1. The van der Waals surface area contributed by atoms with Gasteiger partial charge in [0.2, 0.25) is 21.1 Å². The number of hydrogen-bond donors (Lipinski definition) is 2. The molecule has 1 atom stereocenters. The number of amides is 1. The lowest BCUT2D eigenvalue weighted by molar-refractivity contribution is -0.115. The molecule has 0 fully saturated rings. The summed E-state index contributed by atoms with van der Waals surface area (Å²) >= 11 is 1.15. The minimum atomic E-state index is -3.66. The molecule has 0 aliphatic rings. The van der Waals surface area contributed by atoms with Gasteiger partial charge in [-0.05, 0) is 66.2 Å². The molecule has 0 saturated carbocycles. The number of hydrogen-bond acceptors (Lipinski definition) is 8. The van der Waals surface area contributed by atoms with Gasteiger partial charge in [0.25, 0.3) is 0 Å². The Labute approximate surface area is 197 Å². The second-order valence-corrected chi connectivity index (χ2v) is 10.4. The van der Waals surface area contributed by atoms with E-state index < -0.39 is 15.3 Å². The normalized spacial score (nSPS) is 12.6. The molecule has 2 N–H and O–H groups in total. The van der Waals surface area contributed by atoms with Crippen molar-refractivity contribution in [2.45, 2.75) is 43.0 Å². The van der Waals surface area contributed by atoms with Crippen LogP contribution in [0.1, 0.15) is 26.3 Å². The number of phenols is 1. The fraction of sp³-hybridized carbons (Fsp3) is 0.333. The SMILES string of the molecule is CCN(CC)S(=O)(=O)c1cc(NC(=O)[C@H](C)Sc2nnnn2-c2ccc(O)cc2)ccc1C. The molecule has 33 heavy (non-hydrogen) atoms. The molecule has 1 heterocycles. The maximum Gasteiger partial charge on any atom is 0.243 e. The molecule has 2 aromatic carbocycles. The van der Waals surface area contributed by atoms with Gasteiger partial charge in [-0.15, -0.1) is 5.10 Å². The molecule has 0 bridgehead atoms. The molecule has 0 unspecified atom stereocenters. The maximum atomic E-state index is 13.0. The van der Waals surface area contributed by atoms with Crippen molar-refractivity contribution in [2.75, 3.05) is 18.4 Å². The van der Waals surface area contributed by atoms with E-state index in [0.717, 1.165) is 11.8 Å². The third-order valence-electron chi connectivity index (χ3n) is 4.97. The number of nitrogens with one attached hydrogen (secondary N) is 1. The summed E-state index contributed by atoms with van der Waals surface area (Å²) < 4.78 is 28.8. The fourth-order valence-electron chi connectivity index (χ4n) is 3.12. The summed E-state index contributed by atoms with van der Waals surface area (Å²) in [6, 6.07) is 11.2. The third-order valence-corrected chi connectivity index (χ3v) is 8.19. The van der Waals surface area contributed by atoms with Crippen LogP contribution in [0.15, 0.2) is 52.5 Å². The Bertz CT molecular complexity index is 1220. The highest BCUT2D eigenvalue weighted by atomic mass is 32.2. The molecule has 3 rings (SSSR count). The zero-order chi connectivity index (χ0) is 24.2. The van der Waals surface area contributed by atoms with Gasteiger partial charge < -0.3 is 10.4 Å². The number of thioether (sulfide) groups is 1. The van der Waals surface area contributed by atoms with E-state index in [1.807, 2.05) is 0 Å². The molecular weight excluding hydrogens is 464 g/mol. The minimum Gasteiger partial charge on any atom is -0.508 e. The van der Waals surface area contributed by atoms with E-state index in [2.05, 4.69) is 20.8 Å². The second kappa shape index (κ2) is 10.3. The van der Waals surface area contributed by atoms with E-state index in [9.17, 15) is 18.3 Å².